The number of aryl methyl sites for hydroxylation is 1. The van der Waals surface area contributed by atoms with Gasteiger partial charge >= 0.3 is 0 Å². The molecule has 0 bridgehead atoms. The molecule has 78 valence electrons. The first kappa shape index (κ1) is 10.6. The van der Waals surface area contributed by atoms with Gasteiger partial charge in [0.1, 0.15) is 12.1 Å². The minimum Gasteiger partial charge on any atom is -0.365 e. The molecule has 0 amide bonds. The molecule has 2 rings (SSSR count). The number of anilines is 1. The third-order valence-corrected chi connectivity index (χ3v) is 3.85. The largest absolute Gasteiger partial charge is 0.365 e. The summed E-state index contributed by atoms with van der Waals surface area (Å²) in [5, 5.41) is 5.32. The van der Waals surface area contributed by atoms with E-state index in [2.05, 4.69) is 36.6 Å². The van der Waals surface area contributed by atoms with Gasteiger partial charge in [0.05, 0.1) is 6.54 Å². The van der Waals surface area contributed by atoms with E-state index >= 15 is 0 Å². The first-order valence-corrected chi connectivity index (χ1v) is 6.17. The van der Waals surface area contributed by atoms with Gasteiger partial charge in [0, 0.05) is 21.1 Å². The number of hydrogen-bond acceptors (Lipinski definition) is 4. The fourth-order valence-electron chi connectivity index (χ4n) is 1.17. The van der Waals surface area contributed by atoms with Crippen LogP contribution in [0, 0.1) is 6.92 Å². The number of nitrogens with one attached hydrogen (secondary N) is 1. The molecule has 2 heterocycles. The molecule has 0 saturated carbocycles. The van der Waals surface area contributed by atoms with Crippen LogP contribution in [0.3, 0.4) is 0 Å². The molecule has 2 aromatic rings. The number of thiophene rings is 1. The van der Waals surface area contributed by atoms with Gasteiger partial charge in [0.25, 0.3) is 0 Å². The summed E-state index contributed by atoms with van der Waals surface area (Å²) < 4.78 is 1.14. The Hall–Kier alpha value is -0.940. The molecule has 0 saturated heterocycles. The summed E-state index contributed by atoms with van der Waals surface area (Å²) in [5.41, 5.74) is 0.970. The smallest absolute Gasteiger partial charge is 0.129 e. The summed E-state index contributed by atoms with van der Waals surface area (Å²) in [4.78, 5) is 9.45. The molecule has 0 fully saturated rings. The standard InChI is InChI=1S/C10H10BrN3S/c1-7-4-10(14-6-13-7)12-5-9-8(11)2-3-15-9/h2-4,6H,5H2,1H3,(H,12,13,14). The lowest BCUT2D eigenvalue weighted by Crippen LogP contribution is -2.00. The van der Waals surface area contributed by atoms with E-state index in [1.165, 1.54) is 4.88 Å². The van der Waals surface area contributed by atoms with Crippen molar-refractivity contribution in [3.05, 3.63) is 38.9 Å². The third-order valence-electron chi connectivity index (χ3n) is 1.92. The van der Waals surface area contributed by atoms with Crippen LogP contribution in [-0.4, -0.2) is 9.97 Å². The maximum Gasteiger partial charge on any atom is 0.129 e. The average molecular weight is 284 g/mol. The number of aromatic nitrogens is 2. The Bertz CT molecular complexity index is 455. The molecule has 15 heavy (non-hydrogen) atoms. The average Bonchev–Trinajstić information content (AvgIpc) is 2.61. The lowest BCUT2D eigenvalue weighted by Gasteiger charge is -2.04. The van der Waals surface area contributed by atoms with Crippen LogP contribution in [0.25, 0.3) is 0 Å². The van der Waals surface area contributed by atoms with E-state index in [1.54, 1.807) is 17.7 Å². The van der Waals surface area contributed by atoms with Crippen LogP contribution in [0.2, 0.25) is 0 Å². The summed E-state index contributed by atoms with van der Waals surface area (Å²) in [6, 6.07) is 3.98. The lowest BCUT2D eigenvalue weighted by molar-refractivity contribution is 1.06. The Balaban J connectivity index is 2.02. The highest BCUT2D eigenvalue weighted by molar-refractivity contribution is 9.10. The van der Waals surface area contributed by atoms with Crippen molar-refractivity contribution in [2.24, 2.45) is 0 Å². The van der Waals surface area contributed by atoms with Gasteiger partial charge in [-0.3, -0.25) is 0 Å². The van der Waals surface area contributed by atoms with Gasteiger partial charge in [0.2, 0.25) is 0 Å². The summed E-state index contributed by atoms with van der Waals surface area (Å²) in [5.74, 6) is 0.864. The molecule has 0 aromatic carbocycles. The molecule has 0 aliphatic rings. The fraction of sp³-hybridized carbons (Fsp3) is 0.200. The Labute approximate surface area is 101 Å². The number of rotatable bonds is 3. The van der Waals surface area contributed by atoms with Gasteiger partial charge < -0.3 is 5.32 Å². The van der Waals surface area contributed by atoms with Crippen LogP contribution in [-0.2, 0) is 6.54 Å². The third kappa shape index (κ3) is 2.76. The minimum atomic E-state index is 0.786. The van der Waals surface area contributed by atoms with Crippen LogP contribution in [0.5, 0.6) is 0 Å². The lowest BCUT2D eigenvalue weighted by atomic mass is 10.4. The van der Waals surface area contributed by atoms with Gasteiger partial charge in [-0.2, -0.15) is 0 Å². The molecule has 0 radical (unpaired) electrons. The van der Waals surface area contributed by atoms with E-state index in [1.807, 2.05) is 19.1 Å². The van der Waals surface area contributed by atoms with E-state index in [9.17, 15) is 0 Å². The topological polar surface area (TPSA) is 37.8 Å². The van der Waals surface area contributed by atoms with Crippen LogP contribution >= 0.6 is 27.3 Å². The molecule has 0 spiro atoms. The van der Waals surface area contributed by atoms with Crippen molar-refractivity contribution >= 4 is 33.1 Å². The molecule has 2 aromatic heterocycles. The van der Waals surface area contributed by atoms with E-state index in [0.717, 1.165) is 22.5 Å². The summed E-state index contributed by atoms with van der Waals surface area (Å²) in [6.45, 7) is 2.74. The van der Waals surface area contributed by atoms with Crippen molar-refractivity contribution in [3.8, 4) is 0 Å². The van der Waals surface area contributed by atoms with E-state index < -0.39 is 0 Å². The summed E-state index contributed by atoms with van der Waals surface area (Å²) in [6.07, 6.45) is 1.57. The van der Waals surface area contributed by atoms with E-state index in [0.29, 0.717) is 0 Å². The minimum absolute atomic E-state index is 0.786. The second kappa shape index (κ2) is 4.72. The second-order valence-corrected chi connectivity index (χ2v) is 4.94. The molecule has 0 aliphatic heterocycles. The first-order valence-electron chi connectivity index (χ1n) is 4.50. The van der Waals surface area contributed by atoms with E-state index in [4.69, 9.17) is 0 Å². The van der Waals surface area contributed by atoms with Gasteiger partial charge in [-0.1, -0.05) is 0 Å². The second-order valence-electron chi connectivity index (χ2n) is 3.09. The predicted molar refractivity (Wildman–Crippen MR) is 66.1 cm³/mol. The predicted octanol–water partition coefficient (Wildman–Crippen LogP) is 3.22. The quantitative estimate of drug-likeness (QED) is 0.940. The van der Waals surface area contributed by atoms with Crippen molar-refractivity contribution in [1.29, 1.82) is 0 Å². The molecular weight excluding hydrogens is 274 g/mol. The fourth-order valence-corrected chi connectivity index (χ4v) is 2.61. The number of hydrogen-bond donors (Lipinski definition) is 1. The number of nitrogens with zero attached hydrogens (tertiary/aromatic N) is 2. The van der Waals surface area contributed by atoms with Crippen molar-refractivity contribution in [1.82, 2.24) is 9.97 Å². The Morgan fingerprint density at radius 1 is 1.47 bits per heavy atom. The van der Waals surface area contributed by atoms with Gasteiger partial charge in [-0.15, -0.1) is 11.3 Å². The Kier molecular flexibility index (Phi) is 3.33. The van der Waals surface area contributed by atoms with Crippen LogP contribution in [0.4, 0.5) is 5.82 Å². The molecule has 1 N–H and O–H groups in total. The Morgan fingerprint density at radius 2 is 2.33 bits per heavy atom. The maximum atomic E-state index is 4.14. The van der Waals surface area contributed by atoms with Crippen LogP contribution in [0.1, 0.15) is 10.6 Å². The number of halogens is 1. The monoisotopic (exact) mass is 283 g/mol. The Morgan fingerprint density at radius 3 is 3.00 bits per heavy atom. The highest BCUT2D eigenvalue weighted by atomic mass is 79.9. The first-order chi connectivity index (χ1) is 7.25. The zero-order valence-corrected chi connectivity index (χ0v) is 10.6. The van der Waals surface area contributed by atoms with Crippen molar-refractivity contribution in [2.75, 3.05) is 5.32 Å². The van der Waals surface area contributed by atoms with Crippen molar-refractivity contribution in [3.63, 3.8) is 0 Å². The van der Waals surface area contributed by atoms with Gasteiger partial charge in [-0.25, -0.2) is 9.97 Å². The normalized spacial score (nSPS) is 10.3. The zero-order valence-electron chi connectivity index (χ0n) is 8.20. The van der Waals surface area contributed by atoms with Crippen LogP contribution < -0.4 is 5.32 Å². The van der Waals surface area contributed by atoms with Gasteiger partial charge in [0.15, 0.2) is 0 Å². The summed E-state index contributed by atoms with van der Waals surface area (Å²) >= 11 is 5.21. The SMILES string of the molecule is Cc1cc(NCc2sccc2Br)ncn1. The maximum absolute atomic E-state index is 4.14. The highest BCUT2D eigenvalue weighted by Crippen LogP contribution is 2.23. The van der Waals surface area contributed by atoms with Crippen molar-refractivity contribution < 1.29 is 0 Å². The highest BCUT2D eigenvalue weighted by Gasteiger charge is 2.01. The summed E-state index contributed by atoms with van der Waals surface area (Å²) in [7, 11) is 0. The molecule has 0 unspecified atom stereocenters. The molecule has 0 atom stereocenters. The molecule has 5 heteroatoms. The van der Waals surface area contributed by atoms with E-state index in [-0.39, 0.29) is 0 Å². The van der Waals surface area contributed by atoms with Crippen molar-refractivity contribution in [2.45, 2.75) is 13.5 Å². The molecule has 3 nitrogen and oxygen atoms in total. The van der Waals surface area contributed by atoms with Crippen LogP contribution in [0.15, 0.2) is 28.3 Å². The molecule has 0 aliphatic carbocycles. The molecular formula is C10H10BrN3S. The zero-order chi connectivity index (χ0) is 10.7. The van der Waals surface area contributed by atoms with Gasteiger partial charge in [-0.05, 0) is 34.3 Å².